The van der Waals surface area contributed by atoms with Gasteiger partial charge in [-0.15, -0.1) is 0 Å². The lowest BCUT2D eigenvalue weighted by Crippen LogP contribution is -2.06. The van der Waals surface area contributed by atoms with Crippen molar-refractivity contribution in [2.75, 3.05) is 12.4 Å². The highest BCUT2D eigenvalue weighted by molar-refractivity contribution is 5.49. The summed E-state index contributed by atoms with van der Waals surface area (Å²) in [6, 6.07) is 4.09. The molecular formula is C11H14F3N. The van der Waals surface area contributed by atoms with Gasteiger partial charge in [-0.2, -0.15) is 13.2 Å². The third kappa shape index (κ3) is 3.15. The molecule has 0 spiro atoms. The Labute approximate surface area is 87.3 Å². The molecule has 1 N–H and O–H groups in total. The smallest absolute Gasteiger partial charge is 0.388 e. The minimum absolute atomic E-state index is 0.508. The maximum atomic E-state index is 12.5. The Morgan fingerprint density at radius 3 is 2.33 bits per heavy atom. The van der Waals surface area contributed by atoms with Crippen molar-refractivity contribution < 1.29 is 13.2 Å². The van der Waals surface area contributed by atoms with Gasteiger partial charge in [-0.1, -0.05) is 13.3 Å². The minimum atomic E-state index is -4.27. The van der Waals surface area contributed by atoms with Crippen LogP contribution in [0.15, 0.2) is 18.2 Å². The summed E-state index contributed by atoms with van der Waals surface area (Å²) in [6.07, 6.45) is -2.77. The average Bonchev–Trinajstić information content (AvgIpc) is 2.16. The monoisotopic (exact) mass is 217 g/mol. The van der Waals surface area contributed by atoms with Crippen LogP contribution in [0.3, 0.4) is 0 Å². The molecule has 0 atom stereocenters. The molecule has 1 aromatic rings. The molecule has 1 rings (SSSR count). The predicted molar refractivity (Wildman–Crippen MR) is 55.0 cm³/mol. The van der Waals surface area contributed by atoms with Gasteiger partial charge < -0.3 is 5.32 Å². The molecule has 0 saturated heterocycles. The van der Waals surface area contributed by atoms with E-state index in [1.807, 2.05) is 6.92 Å². The molecule has 1 nitrogen and oxygen atoms in total. The summed E-state index contributed by atoms with van der Waals surface area (Å²) in [4.78, 5) is 0. The molecule has 0 aromatic heterocycles. The number of hydrogen-bond donors (Lipinski definition) is 1. The van der Waals surface area contributed by atoms with Crippen LogP contribution in [0.1, 0.15) is 24.5 Å². The van der Waals surface area contributed by atoms with Gasteiger partial charge in [-0.05, 0) is 30.2 Å². The summed E-state index contributed by atoms with van der Waals surface area (Å²) >= 11 is 0. The van der Waals surface area contributed by atoms with Crippen molar-refractivity contribution >= 4 is 5.69 Å². The molecule has 84 valence electrons. The van der Waals surface area contributed by atoms with Gasteiger partial charge in [0.1, 0.15) is 0 Å². The Bertz CT molecular complexity index is 331. The predicted octanol–water partition coefficient (Wildman–Crippen LogP) is 3.70. The molecule has 0 aliphatic rings. The van der Waals surface area contributed by atoms with Gasteiger partial charge in [0.15, 0.2) is 0 Å². The normalized spacial score (nSPS) is 11.5. The molecule has 0 aliphatic heterocycles. The lowest BCUT2D eigenvalue weighted by Gasteiger charge is -2.11. The largest absolute Gasteiger partial charge is 0.416 e. The van der Waals surface area contributed by atoms with Gasteiger partial charge in [0, 0.05) is 12.7 Å². The van der Waals surface area contributed by atoms with Crippen LogP contribution in [0.4, 0.5) is 18.9 Å². The standard InChI is InChI=1S/C11H14F3N/c1-3-4-8-5-9(11(12,13)14)7-10(6-8)15-2/h5-7,15H,3-4H2,1-2H3. The molecule has 15 heavy (non-hydrogen) atoms. The number of aryl methyl sites for hydroxylation is 1. The zero-order valence-electron chi connectivity index (χ0n) is 8.78. The Hall–Kier alpha value is -1.19. The molecule has 0 unspecified atom stereocenters. The Kier molecular flexibility index (Phi) is 3.61. The highest BCUT2D eigenvalue weighted by Crippen LogP contribution is 2.32. The fourth-order valence-electron chi connectivity index (χ4n) is 1.43. The fraction of sp³-hybridized carbons (Fsp3) is 0.455. The van der Waals surface area contributed by atoms with Gasteiger partial charge in [0.2, 0.25) is 0 Å². The van der Waals surface area contributed by atoms with Crippen molar-refractivity contribution in [1.82, 2.24) is 0 Å². The summed E-state index contributed by atoms with van der Waals surface area (Å²) in [5, 5.41) is 2.74. The molecule has 0 fully saturated rings. The van der Waals surface area contributed by atoms with E-state index in [1.54, 1.807) is 13.1 Å². The molecule has 4 heteroatoms. The van der Waals surface area contributed by atoms with Crippen molar-refractivity contribution in [2.24, 2.45) is 0 Å². The summed E-state index contributed by atoms with van der Waals surface area (Å²) in [5.74, 6) is 0. The number of alkyl halides is 3. The SMILES string of the molecule is CCCc1cc(NC)cc(C(F)(F)F)c1. The highest BCUT2D eigenvalue weighted by atomic mass is 19.4. The first-order valence-electron chi connectivity index (χ1n) is 4.86. The highest BCUT2D eigenvalue weighted by Gasteiger charge is 2.30. The lowest BCUT2D eigenvalue weighted by molar-refractivity contribution is -0.137. The average molecular weight is 217 g/mol. The van der Waals surface area contributed by atoms with Crippen LogP contribution < -0.4 is 5.32 Å². The molecular weight excluding hydrogens is 203 g/mol. The number of halogens is 3. The number of nitrogens with one attached hydrogen (secondary N) is 1. The van der Waals surface area contributed by atoms with Crippen molar-refractivity contribution in [3.8, 4) is 0 Å². The van der Waals surface area contributed by atoms with Crippen LogP contribution in [-0.2, 0) is 12.6 Å². The molecule has 0 bridgehead atoms. The van der Waals surface area contributed by atoms with E-state index >= 15 is 0 Å². The molecule has 0 radical (unpaired) electrons. The van der Waals surface area contributed by atoms with Crippen molar-refractivity contribution in [3.05, 3.63) is 29.3 Å². The lowest BCUT2D eigenvalue weighted by atomic mass is 10.1. The Morgan fingerprint density at radius 2 is 1.87 bits per heavy atom. The summed E-state index contributed by atoms with van der Waals surface area (Å²) in [6.45, 7) is 1.94. The van der Waals surface area contributed by atoms with E-state index in [0.717, 1.165) is 18.1 Å². The van der Waals surface area contributed by atoms with Gasteiger partial charge >= 0.3 is 6.18 Å². The Morgan fingerprint density at radius 1 is 1.20 bits per heavy atom. The summed E-state index contributed by atoms with van der Waals surface area (Å²) in [5.41, 5.74) is 0.641. The minimum Gasteiger partial charge on any atom is -0.388 e. The fourth-order valence-corrected chi connectivity index (χ4v) is 1.43. The first kappa shape index (κ1) is 11.9. The van der Waals surface area contributed by atoms with Crippen molar-refractivity contribution in [3.63, 3.8) is 0 Å². The molecule has 0 amide bonds. The molecule has 1 aromatic carbocycles. The van der Waals surface area contributed by atoms with Crippen LogP contribution in [0.2, 0.25) is 0 Å². The number of hydrogen-bond acceptors (Lipinski definition) is 1. The zero-order valence-corrected chi connectivity index (χ0v) is 8.78. The van der Waals surface area contributed by atoms with E-state index in [4.69, 9.17) is 0 Å². The second kappa shape index (κ2) is 4.55. The molecule has 0 heterocycles. The summed E-state index contributed by atoms with van der Waals surface area (Å²) < 4.78 is 37.5. The molecule has 0 saturated carbocycles. The maximum Gasteiger partial charge on any atom is 0.416 e. The van der Waals surface area contributed by atoms with Crippen LogP contribution in [0.5, 0.6) is 0 Å². The molecule has 0 aliphatic carbocycles. The van der Waals surface area contributed by atoms with E-state index in [2.05, 4.69) is 5.32 Å². The van der Waals surface area contributed by atoms with Crippen molar-refractivity contribution in [1.29, 1.82) is 0 Å². The number of benzene rings is 1. The zero-order chi connectivity index (χ0) is 11.5. The van der Waals surface area contributed by atoms with E-state index in [-0.39, 0.29) is 0 Å². The van der Waals surface area contributed by atoms with Gasteiger partial charge in [-0.25, -0.2) is 0 Å². The maximum absolute atomic E-state index is 12.5. The van der Waals surface area contributed by atoms with Gasteiger partial charge in [-0.3, -0.25) is 0 Å². The topological polar surface area (TPSA) is 12.0 Å². The number of rotatable bonds is 3. The van der Waals surface area contributed by atoms with E-state index in [1.165, 1.54) is 6.07 Å². The van der Waals surface area contributed by atoms with Crippen molar-refractivity contribution in [2.45, 2.75) is 25.9 Å². The third-order valence-corrected chi connectivity index (χ3v) is 2.15. The van der Waals surface area contributed by atoms with Crippen LogP contribution >= 0.6 is 0 Å². The Balaban J connectivity index is 3.11. The number of anilines is 1. The third-order valence-electron chi connectivity index (χ3n) is 2.15. The quantitative estimate of drug-likeness (QED) is 0.814. The van der Waals surface area contributed by atoms with Crippen LogP contribution in [0.25, 0.3) is 0 Å². The van der Waals surface area contributed by atoms with Crippen LogP contribution in [-0.4, -0.2) is 7.05 Å². The first-order valence-corrected chi connectivity index (χ1v) is 4.86. The van der Waals surface area contributed by atoms with Crippen LogP contribution in [0, 0.1) is 0 Å². The van der Waals surface area contributed by atoms with Gasteiger partial charge in [0.05, 0.1) is 5.56 Å². The van der Waals surface area contributed by atoms with E-state index < -0.39 is 11.7 Å². The van der Waals surface area contributed by atoms with Gasteiger partial charge in [0.25, 0.3) is 0 Å². The van der Waals surface area contributed by atoms with E-state index in [0.29, 0.717) is 12.1 Å². The summed E-state index contributed by atoms with van der Waals surface area (Å²) in [7, 11) is 1.62. The second-order valence-corrected chi connectivity index (χ2v) is 3.42. The first-order chi connectivity index (χ1) is 6.97. The second-order valence-electron chi connectivity index (χ2n) is 3.42. The van der Waals surface area contributed by atoms with E-state index in [9.17, 15) is 13.2 Å².